The molecule has 1 aliphatic carbocycles. The smallest absolute Gasteiger partial charge is 0.241 e. The molecule has 1 amide bonds. The summed E-state index contributed by atoms with van der Waals surface area (Å²) in [7, 11) is -3.66. The van der Waals surface area contributed by atoms with Gasteiger partial charge in [0.1, 0.15) is 0 Å². The molecule has 0 aliphatic heterocycles. The second kappa shape index (κ2) is 11.1. The number of fused-ring (bicyclic) bond motifs is 1. The topological polar surface area (TPSA) is 79.4 Å². The predicted molar refractivity (Wildman–Crippen MR) is 144 cm³/mol. The summed E-state index contributed by atoms with van der Waals surface area (Å²) in [5.41, 5.74) is 4.82. The van der Waals surface area contributed by atoms with Gasteiger partial charge in [0.2, 0.25) is 15.9 Å². The van der Waals surface area contributed by atoms with Gasteiger partial charge in [0, 0.05) is 30.5 Å². The third kappa shape index (κ3) is 5.96. The number of carbonyl (C=O) groups is 1. The van der Waals surface area contributed by atoms with Crippen molar-refractivity contribution in [2.75, 3.05) is 4.90 Å². The number of aromatic nitrogens is 1. The number of hydrogen-bond acceptors (Lipinski definition) is 4. The van der Waals surface area contributed by atoms with E-state index < -0.39 is 10.0 Å². The first kappa shape index (κ1) is 24.9. The molecule has 37 heavy (non-hydrogen) atoms. The van der Waals surface area contributed by atoms with Crippen LogP contribution >= 0.6 is 0 Å². The maximum absolute atomic E-state index is 13.5. The first-order chi connectivity index (χ1) is 18.0. The molecule has 4 aromatic rings. The maximum Gasteiger partial charge on any atom is 0.241 e. The van der Waals surface area contributed by atoms with Crippen LogP contribution in [0.3, 0.4) is 0 Å². The van der Waals surface area contributed by atoms with Crippen LogP contribution in [0.4, 0.5) is 5.69 Å². The van der Waals surface area contributed by atoms with Crippen LogP contribution < -0.4 is 9.62 Å². The lowest BCUT2D eigenvalue weighted by Gasteiger charge is -2.25. The average Bonchev–Trinajstić information content (AvgIpc) is 3.33. The lowest BCUT2D eigenvalue weighted by atomic mass is 10.1. The number of carbonyl (C=O) groups excluding carboxylic acids is 1. The number of sulfonamides is 1. The molecule has 0 bridgehead atoms. The maximum atomic E-state index is 13.5. The van der Waals surface area contributed by atoms with Gasteiger partial charge in [-0.1, -0.05) is 60.7 Å². The highest BCUT2D eigenvalue weighted by atomic mass is 32.2. The molecule has 1 aliphatic rings. The molecule has 1 unspecified atom stereocenters. The summed E-state index contributed by atoms with van der Waals surface area (Å²) < 4.78 is 28.9. The molecular formula is C30H29N3O3S. The van der Waals surface area contributed by atoms with Crippen LogP contribution in [0.15, 0.2) is 108 Å². The van der Waals surface area contributed by atoms with Crippen molar-refractivity contribution in [3.05, 3.63) is 126 Å². The molecule has 5 rings (SSSR count). The normalized spacial score (nSPS) is 14.8. The Morgan fingerprint density at radius 3 is 2.38 bits per heavy atom. The molecular weight excluding hydrogens is 482 g/mol. The van der Waals surface area contributed by atoms with E-state index in [0.29, 0.717) is 25.8 Å². The molecule has 0 saturated carbocycles. The van der Waals surface area contributed by atoms with Crippen molar-refractivity contribution in [1.29, 1.82) is 0 Å². The molecule has 188 valence electrons. The number of anilines is 1. The van der Waals surface area contributed by atoms with Gasteiger partial charge in [-0.15, -0.1) is 0 Å². The number of pyridine rings is 1. The summed E-state index contributed by atoms with van der Waals surface area (Å²) >= 11 is 0. The fourth-order valence-corrected chi connectivity index (χ4v) is 6.03. The Balaban J connectivity index is 1.41. The summed E-state index contributed by atoms with van der Waals surface area (Å²) in [6.45, 7) is 0.390. The molecule has 1 N–H and O–H groups in total. The number of nitrogens with zero attached hydrogens (tertiary/aromatic N) is 2. The zero-order valence-corrected chi connectivity index (χ0v) is 21.3. The minimum absolute atomic E-state index is 0.00655. The van der Waals surface area contributed by atoms with Crippen molar-refractivity contribution in [3.8, 4) is 0 Å². The third-order valence-electron chi connectivity index (χ3n) is 6.70. The Morgan fingerprint density at radius 2 is 1.65 bits per heavy atom. The van der Waals surface area contributed by atoms with Crippen molar-refractivity contribution in [1.82, 2.24) is 9.71 Å². The van der Waals surface area contributed by atoms with Crippen molar-refractivity contribution in [3.63, 3.8) is 0 Å². The summed E-state index contributed by atoms with van der Waals surface area (Å²) in [5.74, 6) is 0.00655. The number of amides is 1. The largest absolute Gasteiger partial charge is 0.308 e. The van der Waals surface area contributed by atoms with E-state index in [2.05, 4.69) is 9.71 Å². The van der Waals surface area contributed by atoms with Crippen molar-refractivity contribution in [2.45, 2.75) is 43.2 Å². The molecule has 0 saturated heterocycles. The zero-order valence-electron chi connectivity index (χ0n) is 20.5. The van der Waals surface area contributed by atoms with Gasteiger partial charge < -0.3 is 4.90 Å². The first-order valence-electron chi connectivity index (χ1n) is 12.4. The van der Waals surface area contributed by atoms with E-state index in [0.717, 1.165) is 34.4 Å². The van der Waals surface area contributed by atoms with Gasteiger partial charge in [-0.25, -0.2) is 13.1 Å². The van der Waals surface area contributed by atoms with Gasteiger partial charge in [0.25, 0.3) is 0 Å². The third-order valence-corrected chi connectivity index (χ3v) is 8.19. The zero-order chi connectivity index (χ0) is 25.7. The van der Waals surface area contributed by atoms with Crippen LogP contribution in [-0.2, 0) is 34.2 Å². The summed E-state index contributed by atoms with van der Waals surface area (Å²) in [5, 5.41) is 0. The summed E-state index contributed by atoms with van der Waals surface area (Å²) in [4.78, 5) is 19.7. The van der Waals surface area contributed by atoms with Crippen LogP contribution in [-0.4, -0.2) is 19.3 Å². The van der Waals surface area contributed by atoms with Gasteiger partial charge in [-0.3, -0.25) is 9.78 Å². The molecule has 0 spiro atoms. The van der Waals surface area contributed by atoms with Crippen LogP contribution in [0.2, 0.25) is 0 Å². The number of aryl methyl sites for hydroxylation is 2. The second-order valence-corrected chi connectivity index (χ2v) is 10.9. The SMILES string of the molecule is O=C(CCc1ccccc1)N(Cc1cccnc1)c1ccc2c(c1)C(NS(=O)(=O)c1ccccc1)CC2. The van der Waals surface area contributed by atoms with E-state index in [9.17, 15) is 13.2 Å². The highest BCUT2D eigenvalue weighted by molar-refractivity contribution is 7.89. The lowest BCUT2D eigenvalue weighted by molar-refractivity contribution is -0.118. The molecule has 0 radical (unpaired) electrons. The molecule has 0 fully saturated rings. The van der Waals surface area contributed by atoms with Gasteiger partial charge in [-0.05, 0) is 71.8 Å². The van der Waals surface area contributed by atoms with E-state index in [1.165, 1.54) is 0 Å². The van der Waals surface area contributed by atoms with Crippen LogP contribution in [0.5, 0.6) is 0 Å². The summed E-state index contributed by atoms with van der Waals surface area (Å²) in [6, 6.07) is 27.8. The molecule has 1 aromatic heterocycles. The second-order valence-electron chi connectivity index (χ2n) is 9.24. The number of benzene rings is 3. The number of rotatable bonds is 9. The van der Waals surface area contributed by atoms with E-state index in [1.54, 1.807) is 47.6 Å². The molecule has 1 atom stereocenters. The van der Waals surface area contributed by atoms with Gasteiger partial charge in [-0.2, -0.15) is 0 Å². The predicted octanol–water partition coefficient (Wildman–Crippen LogP) is 5.21. The van der Waals surface area contributed by atoms with Crippen LogP contribution in [0.1, 0.15) is 41.1 Å². The van der Waals surface area contributed by atoms with Crippen molar-refractivity contribution >= 4 is 21.6 Å². The highest BCUT2D eigenvalue weighted by Gasteiger charge is 2.29. The van der Waals surface area contributed by atoms with Crippen LogP contribution in [0, 0.1) is 0 Å². The van der Waals surface area contributed by atoms with Crippen molar-refractivity contribution < 1.29 is 13.2 Å². The fourth-order valence-electron chi connectivity index (χ4n) is 4.76. The van der Waals surface area contributed by atoms with Crippen LogP contribution in [0.25, 0.3) is 0 Å². The van der Waals surface area contributed by atoms with E-state index >= 15 is 0 Å². The molecule has 7 heteroatoms. The Morgan fingerprint density at radius 1 is 0.919 bits per heavy atom. The van der Waals surface area contributed by atoms with Gasteiger partial charge in [0.05, 0.1) is 11.4 Å². The van der Waals surface area contributed by atoms with E-state index in [4.69, 9.17) is 0 Å². The Hall–Kier alpha value is -3.81. The molecule has 6 nitrogen and oxygen atoms in total. The minimum atomic E-state index is -3.66. The summed E-state index contributed by atoms with van der Waals surface area (Å²) in [6.07, 6.45) is 5.95. The Labute approximate surface area is 218 Å². The highest BCUT2D eigenvalue weighted by Crippen LogP contribution is 2.35. The van der Waals surface area contributed by atoms with Gasteiger partial charge >= 0.3 is 0 Å². The van der Waals surface area contributed by atoms with Gasteiger partial charge in [0.15, 0.2) is 0 Å². The minimum Gasteiger partial charge on any atom is -0.308 e. The quantitative estimate of drug-likeness (QED) is 0.334. The fraction of sp³-hybridized carbons (Fsp3) is 0.200. The van der Waals surface area contributed by atoms with E-state index in [1.807, 2.05) is 60.7 Å². The molecule has 1 heterocycles. The average molecular weight is 512 g/mol. The van der Waals surface area contributed by atoms with Crippen molar-refractivity contribution in [2.24, 2.45) is 0 Å². The Kier molecular flexibility index (Phi) is 7.44. The standard InChI is InChI=1S/C30H29N3O3S/c34-30(18-13-23-8-3-1-4-9-23)33(22-24-10-7-19-31-21-24)26-16-14-25-15-17-29(28(25)20-26)32-37(35,36)27-11-5-2-6-12-27/h1-12,14,16,19-21,29,32H,13,15,17-18,22H2. The number of hydrogen-bond donors (Lipinski definition) is 1. The first-order valence-corrected chi connectivity index (χ1v) is 13.9. The molecule has 3 aromatic carbocycles. The number of nitrogens with one attached hydrogen (secondary N) is 1. The lowest BCUT2D eigenvalue weighted by Crippen LogP contribution is -2.31. The monoisotopic (exact) mass is 511 g/mol. The Bertz CT molecular complexity index is 1460. The van der Waals surface area contributed by atoms with E-state index in [-0.39, 0.29) is 16.8 Å².